The van der Waals surface area contributed by atoms with Gasteiger partial charge in [0.2, 0.25) is 0 Å². The molecule has 0 bridgehead atoms. The van der Waals surface area contributed by atoms with E-state index in [4.69, 9.17) is 0 Å². The van der Waals surface area contributed by atoms with Crippen molar-refractivity contribution in [3.8, 4) is 5.69 Å². The Morgan fingerprint density at radius 2 is 0.797 bits per heavy atom. The Morgan fingerprint density at radius 1 is 0.356 bits per heavy atom. The highest BCUT2D eigenvalue weighted by Gasteiger charge is 2.21. The maximum absolute atomic E-state index is 2.48. The quantitative estimate of drug-likeness (QED) is 0.160. The highest BCUT2D eigenvalue weighted by Crippen LogP contribution is 2.43. The van der Waals surface area contributed by atoms with Crippen LogP contribution in [0.4, 0.5) is 34.1 Å². The third kappa shape index (κ3) is 7.27. The van der Waals surface area contributed by atoms with Crippen molar-refractivity contribution in [1.29, 1.82) is 0 Å². The normalized spacial score (nSPS) is 12.1. The molecule has 0 aliphatic heterocycles. The molecule has 0 spiro atoms. The van der Waals surface area contributed by atoms with E-state index >= 15 is 0 Å². The van der Waals surface area contributed by atoms with Gasteiger partial charge < -0.3 is 14.4 Å². The molecule has 0 amide bonds. The molecule has 0 fully saturated rings. The first-order valence-corrected chi connectivity index (χ1v) is 20.8. The van der Waals surface area contributed by atoms with Crippen LogP contribution in [0.5, 0.6) is 0 Å². The van der Waals surface area contributed by atoms with Gasteiger partial charge in [0.05, 0.1) is 11.0 Å². The van der Waals surface area contributed by atoms with Crippen molar-refractivity contribution in [2.45, 2.75) is 66.2 Å². The van der Waals surface area contributed by atoms with E-state index < -0.39 is 0 Å². The van der Waals surface area contributed by atoms with Gasteiger partial charge in [0.1, 0.15) is 0 Å². The van der Waals surface area contributed by atoms with Crippen LogP contribution in [-0.2, 0) is 10.8 Å². The van der Waals surface area contributed by atoms with Crippen LogP contribution in [0.25, 0.3) is 38.3 Å². The molecule has 0 atom stereocenters. The number of hydrogen-bond donors (Lipinski definition) is 0. The van der Waals surface area contributed by atoms with Gasteiger partial charge in [0.15, 0.2) is 0 Å². The molecule has 0 saturated carbocycles. The lowest BCUT2D eigenvalue weighted by Gasteiger charge is -2.27. The zero-order valence-corrected chi connectivity index (χ0v) is 35.6. The summed E-state index contributed by atoms with van der Waals surface area (Å²) in [6, 6.07) is 65.1. The van der Waals surface area contributed by atoms with Crippen molar-refractivity contribution in [2.24, 2.45) is 0 Å². The topological polar surface area (TPSA) is 11.4 Å². The van der Waals surface area contributed by atoms with E-state index in [1.807, 2.05) is 0 Å². The Morgan fingerprint density at radius 3 is 1.31 bits per heavy atom. The number of rotatable bonds is 7. The van der Waals surface area contributed by atoms with Gasteiger partial charge in [-0.1, -0.05) is 120 Å². The molecular weight excluding hydrogens is 715 g/mol. The van der Waals surface area contributed by atoms with Crippen LogP contribution in [-0.4, -0.2) is 4.57 Å². The van der Waals surface area contributed by atoms with E-state index in [-0.39, 0.29) is 10.8 Å². The van der Waals surface area contributed by atoms with Crippen molar-refractivity contribution >= 4 is 66.7 Å². The molecule has 0 aliphatic rings. The van der Waals surface area contributed by atoms with Gasteiger partial charge in [0, 0.05) is 50.6 Å². The first kappa shape index (κ1) is 38.0. The van der Waals surface area contributed by atoms with Gasteiger partial charge in [-0.05, 0) is 155 Å². The number of hydrogen-bond acceptors (Lipinski definition) is 2. The smallest absolute Gasteiger partial charge is 0.0561 e. The van der Waals surface area contributed by atoms with Gasteiger partial charge in [-0.25, -0.2) is 0 Å². The van der Waals surface area contributed by atoms with Crippen LogP contribution in [0, 0.1) is 13.8 Å². The van der Waals surface area contributed by atoms with Crippen LogP contribution in [0.1, 0.15) is 63.8 Å². The van der Waals surface area contributed by atoms with Gasteiger partial charge in [-0.15, -0.1) is 0 Å². The Labute approximate surface area is 349 Å². The van der Waals surface area contributed by atoms with Gasteiger partial charge >= 0.3 is 0 Å². The molecule has 8 aromatic carbocycles. The summed E-state index contributed by atoms with van der Waals surface area (Å²) >= 11 is 0. The fourth-order valence-electron chi connectivity index (χ4n) is 8.64. The van der Waals surface area contributed by atoms with Crippen LogP contribution in [0.2, 0.25) is 0 Å². The van der Waals surface area contributed by atoms with Crippen LogP contribution < -0.4 is 9.80 Å². The molecule has 0 aliphatic carbocycles. The van der Waals surface area contributed by atoms with Crippen molar-refractivity contribution in [2.75, 3.05) is 9.80 Å². The summed E-state index contributed by atoms with van der Waals surface area (Å²) in [5.41, 5.74) is 15.6. The highest BCUT2D eigenvalue weighted by atomic mass is 15.1. The van der Waals surface area contributed by atoms with Gasteiger partial charge in [0.25, 0.3) is 0 Å². The monoisotopic (exact) mass is 767 g/mol. The van der Waals surface area contributed by atoms with Crippen molar-refractivity contribution in [3.05, 3.63) is 198 Å². The Bertz CT molecular complexity index is 2920. The zero-order chi connectivity index (χ0) is 41.1. The maximum atomic E-state index is 2.48. The second-order valence-corrected chi connectivity index (χ2v) is 18.2. The summed E-state index contributed by atoms with van der Waals surface area (Å²) < 4.78 is 2.48. The third-order valence-corrected chi connectivity index (χ3v) is 11.7. The number of nitrogens with zero attached hydrogens (tertiary/aromatic N) is 3. The molecule has 3 heteroatoms. The Kier molecular flexibility index (Phi) is 9.44. The number of fused-ring (bicyclic) bond motifs is 4. The first-order chi connectivity index (χ1) is 28.3. The molecule has 0 saturated heterocycles. The predicted octanol–water partition coefficient (Wildman–Crippen LogP) is 16.1. The zero-order valence-electron chi connectivity index (χ0n) is 35.6. The summed E-state index contributed by atoms with van der Waals surface area (Å²) in [6.07, 6.45) is 0. The SMILES string of the molecule is Cc1cc(C)cc(-n2c3cc(N(c4ccccc4)c4ccc(C(C)(C)C)cc4)ccc3c3cc4ccc(N(c5ccccc5)c5ccc(C(C)(C)C)cc5)cc4cc32)c1. The van der Waals surface area contributed by atoms with E-state index in [9.17, 15) is 0 Å². The molecule has 292 valence electrons. The summed E-state index contributed by atoms with van der Waals surface area (Å²) in [7, 11) is 0. The maximum Gasteiger partial charge on any atom is 0.0561 e. The number of benzene rings is 8. The van der Waals surface area contributed by atoms with Crippen molar-refractivity contribution in [3.63, 3.8) is 0 Å². The number of aryl methyl sites for hydroxylation is 2. The molecule has 9 aromatic rings. The predicted molar refractivity (Wildman–Crippen MR) is 255 cm³/mol. The number of aromatic nitrogens is 1. The van der Waals surface area contributed by atoms with Crippen LogP contribution in [0.3, 0.4) is 0 Å². The van der Waals surface area contributed by atoms with Crippen molar-refractivity contribution < 1.29 is 0 Å². The molecule has 3 nitrogen and oxygen atoms in total. The lowest BCUT2D eigenvalue weighted by Crippen LogP contribution is -2.13. The minimum Gasteiger partial charge on any atom is -0.310 e. The average molecular weight is 768 g/mol. The molecule has 59 heavy (non-hydrogen) atoms. The molecule has 1 heterocycles. The van der Waals surface area contributed by atoms with Crippen LogP contribution >= 0.6 is 0 Å². The molecule has 0 radical (unpaired) electrons. The van der Waals surface area contributed by atoms with E-state index in [0.29, 0.717) is 0 Å². The van der Waals surface area contributed by atoms with Gasteiger partial charge in [-0.3, -0.25) is 0 Å². The first-order valence-electron chi connectivity index (χ1n) is 20.8. The third-order valence-electron chi connectivity index (χ3n) is 11.7. The largest absolute Gasteiger partial charge is 0.310 e. The van der Waals surface area contributed by atoms with E-state index in [1.165, 1.54) is 60.5 Å². The Hall–Kier alpha value is -6.58. The minimum atomic E-state index is 0.0732. The summed E-state index contributed by atoms with van der Waals surface area (Å²) in [4.78, 5) is 4.75. The second-order valence-electron chi connectivity index (χ2n) is 18.2. The standard InChI is InChI=1S/C56H53N3/c1-38-31-39(2)33-50(32-38)59-53-36-41-34-48(57(44-15-11-9-12-16-44)46-25-20-42(21-26-46)55(3,4)5)24-19-40(41)35-52(53)51-30-29-49(37-54(51)59)58(45-17-13-10-14-18-45)47-27-22-43(23-28-47)56(6,7)8/h9-37H,1-8H3. The number of para-hydroxylation sites is 2. The highest BCUT2D eigenvalue weighted by molar-refractivity contribution is 6.14. The molecule has 1 aromatic heterocycles. The molecule has 9 rings (SSSR count). The summed E-state index contributed by atoms with van der Waals surface area (Å²) in [5, 5.41) is 4.88. The van der Waals surface area contributed by atoms with E-state index in [0.717, 1.165) is 34.1 Å². The fourth-order valence-corrected chi connectivity index (χ4v) is 8.64. The lowest BCUT2D eigenvalue weighted by atomic mass is 9.87. The minimum absolute atomic E-state index is 0.0732. The molecule has 0 unspecified atom stereocenters. The summed E-state index contributed by atoms with van der Waals surface area (Å²) in [6.45, 7) is 18.0. The van der Waals surface area contributed by atoms with Crippen LogP contribution in [0.15, 0.2) is 176 Å². The van der Waals surface area contributed by atoms with E-state index in [1.54, 1.807) is 0 Å². The average Bonchev–Trinajstić information content (AvgIpc) is 3.52. The summed E-state index contributed by atoms with van der Waals surface area (Å²) in [5.74, 6) is 0. The second kappa shape index (κ2) is 14.7. The van der Waals surface area contributed by atoms with Crippen molar-refractivity contribution in [1.82, 2.24) is 4.57 Å². The Balaban J connectivity index is 1.25. The molecule has 0 N–H and O–H groups in total. The lowest BCUT2D eigenvalue weighted by molar-refractivity contribution is 0.590. The van der Waals surface area contributed by atoms with Gasteiger partial charge in [-0.2, -0.15) is 0 Å². The molecular formula is C56H53N3. The fraction of sp³-hybridized carbons (Fsp3) is 0.179. The number of anilines is 6. The van der Waals surface area contributed by atoms with E-state index in [2.05, 4.69) is 246 Å².